The van der Waals surface area contributed by atoms with E-state index >= 15 is 0 Å². The van der Waals surface area contributed by atoms with Crippen LogP contribution >= 0.6 is 11.3 Å². The van der Waals surface area contributed by atoms with Gasteiger partial charge in [0.1, 0.15) is 5.69 Å². The third kappa shape index (κ3) is 2.85. The van der Waals surface area contributed by atoms with E-state index in [4.69, 9.17) is 0 Å². The number of carbonyl (C=O) groups is 2. The lowest BCUT2D eigenvalue weighted by atomic mass is 10.2. The number of rotatable bonds is 2. The van der Waals surface area contributed by atoms with E-state index in [0.29, 0.717) is 11.3 Å². The monoisotopic (exact) mass is 277 g/mol. The van der Waals surface area contributed by atoms with Crippen molar-refractivity contribution in [2.24, 2.45) is 7.05 Å². The number of hydrogen-bond donors (Lipinski definition) is 2. The fourth-order valence-corrected chi connectivity index (χ4v) is 2.72. The van der Waals surface area contributed by atoms with Crippen LogP contribution in [0.1, 0.15) is 30.6 Å². The predicted molar refractivity (Wildman–Crippen MR) is 74.1 cm³/mol. The highest BCUT2D eigenvalue weighted by Crippen LogP contribution is 2.20. The molecule has 0 aliphatic rings. The maximum absolute atomic E-state index is 11.9. The van der Waals surface area contributed by atoms with Crippen LogP contribution in [0, 0.1) is 13.8 Å². The van der Waals surface area contributed by atoms with Crippen molar-refractivity contribution in [3.63, 3.8) is 0 Å². The number of thiophene rings is 1. The van der Waals surface area contributed by atoms with E-state index in [0.717, 1.165) is 9.75 Å². The number of nitrogens with one attached hydrogen (secondary N) is 2. The molecule has 100 valence electrons. The summed E-state index contributed by atoms with van der Waals surface area (Å²) in [6.07, 6.45) is 1.77. The summed E-state index contributed by atoms with van der Waals surface area (Å²) >= 11 is 1.55. The Bertz CT molecular complexity index is 628. The van der Waals surface area contributed by atoms with Gasteiger partial charge in [0.05, 0.1) is 5.56 Å². The number of amides is 2. The molecule has 2 rings (SSSR count). The molecule has 2 heterocycles. The molecule has 5 nitrogen and oxygen atoms in total. The minimum absolute atomic E-state index is 0.301. The van der Waals surface area contributed by atoms with Gasteiger partial charge in [-0.15, -0.1) is 11.3 Å². The zero-order valence-corrected chi connectivity index (χ0v) is 11.8. The Hall–Kier alpha value is -2.08. The van der Waals surface area contributed by atoms with Crippen LogP contribution < -0.4 is 10.9 Å². The summed E-state index contributed by atoms with van der Waals surface area (Å²) in [5.74, 6) is -0.644. The first-order valence-corrected chi connectivity index (χ1v) is 6.59. The lowest BCUT2D eigenvalue weighted by Crippen LogP contribution is -2.42. The van der Waals surface area contributed by atoms with Crippen LogP contribution in [0.3, 0.4) is 0 Å². The highest BCUT2D eigenvalue weighted by molar-refractivity contribution is 7.12. The van der Waals surface area contributed by atoms with Crippen LogP contribution in [0.2, 0.25) is 0 Å². The Morgan fingerprint density at radius 1 is 1.21 bits per heavy atom. The third-order valence-electron chi connectivity index (χ3n) is 2.75. The van der Waals surface area contributed by atoms with Gasteiger partial charge in [-0.2, -0.15) is 0 Å². The zero-order valence-electron chi connectivity index (χ0n) is 11.0. The van der Waals surface area contributed by atoms with Gasteiger partial charge in [0, 0.05) is 23.0 Å². The van der Waals surface area contributed by atoms with Gasteiger partial charge in [0.2, 0.25) is 0 Å². The van der Waals surface area contributed by atoms with Crippen LogP contribution in [0.15, 0.2) is 24.4 Å². The van der Waals surface area contributed by atoms with Crippen molar-refractivity contribution in [3.8, 4) is 0 Å². The lowest BCUT2D eigenvalue weighted by Gasteiger charge is -2.07. The molecular formula is C13H15N3O2S. The molecule has 0 aromatic carbocycles. The van der Waals surface area contributed by atoms with Crippen LogP contribution in [0.25, 0.3) is 0 Å². The van der Waals surface area contributed by atoms with E-state index in [9.17, 15) is 9.59 Å². The smallest absolute Gasteiger partial charge is 0.286 e. The van der Waals surface area contributed by atoms with Gasteiger partial charge in [-0.05, 0) is 32.0 Å². The maximum Gasteiger partial charge on any atom is 0.286 e. The minimum atomic E-state index is -0.342. The quantitative estimate of drug-likeness (QED) is 0.822. The second-order valence-corrected chi connectivity index (χ2v) is 5.70. The molecule has 0 saturated carbocycles. The summed E-state index contributed by atoms with van der Waals surface area (Å²) < 4.78 is 1.68. The molecular weight excluding hydrogens is 262 g/mol. The molecule has 0 aliphatic carbocycles. The Balaban J connectivity index is 2.00. The summed E-state index contributed by atoms with van der Waals surface area (Å²) in [5.41, 5.74) is 5.91. The van der Waals surface area contributed by atoms with Crippen LogP contribution in [-0.4, -0.2) is 16.4 Å². The van der Waals surface area contributed by atoms with E-state index < -0.39 is 0 Å². The number of hydrazine groups is 1. The molecule has 0 spiro atoms. The summed E-state index contributed by atoms with van der Waals surface area (Å²) in [4.78, 5) is 25.7. The molecule has 0 fully saturated rings. The van der Waals surface area contributed by atoms with Gasteiger partial charge in [-0.3, -0.25) is 20.4 Å². The van der Waals surface area contributed by atoms with Gasteiger partial charge in [-0.1, -0.05) is 0 Å². The Kier molecular flexibility index (Phi) is 3.71. The Morgan fingerprint density at radius 2 is 1.89 bits per heavy atom. The van der Waals surface area contributed by atoms with E-state index in [-0.39, 0.29) is 11.8 Å². The number of aryl methyl sites for hydroxylation is 3. The first kappa shape index (κ1) is 13.4. The molecule has 0 unspecified atom stereocenters. The van der Waals surface area contributed by atoms with Gasteiger partial charge in [-0.25, -0.2) is 0 Å². The normalized spacial score (nSPS) is 10.3. The van der Waals surface area contributed by atoms with E-state index in [1.165, 1.54) is 0 Å². The molecule has 19 heavy (non-hydrogen) atoms. The van der Waals surface area contributed by atoms with E-state index in [1.807, 2.05) is 19.9 Å². The number of carbonyl (C=O) groups excluding carboxylic acids is 2. The van der Waals surface area contributed by atoms with Crippen molar-refractivity contribution in [2.75, 3.05) is 0 Å². The molecule has 2 aromatic rings. The van der Waals surface area contributed by atoms with Crippen molar-refractivity contribution in [3.05, 3.63) is 45.4 Å². The van der Waals surface area contributed by atoms with E-state index in [1.54, 1.807) is 41.3 Å². The average Bonchev–Trinajstić information content (AvgIpc) is 2.91. The Morgan fingerprint density at radius 3 is 2.42 bits per heavy atom. The van der Waals surface area contributed by atoms with Crippen LogP contribution in [-0.2, 0) is 7.05 Å². The third-order valence-corrected chi connectivity index (χ3v) is 3.72. The van der Waals surface area contributed by atoms with Crippen LogP contribution in [0.4, 0.5) is 0 Å². The average molecular weight is 277 g/mol. The van der Waals surface area contributed by atoms with Crippen molar-refractivity contribution in [1.82, 2.24) is 15.4 Å². The zero-order chi connectivity index (χ0) is 14.0. The SMILES string of the molecule is Cc1cc(C(=O)NNC(=O)c2cccn2C)c(C)s1. The first-order chi connectivity index (χ1) is 8.99. The molecule has 2 aromatic heterocycles. The fraction of sp³-hybridized carbons (Fsp3) is 0.231. The second kappa shape index (κ2) is 5.27. The fourth-order valence-electron chi connectivity index (χ4n) is 1.80. The van der Waals surface area contributed by atoms with Crippen molar-refractivity contribution in [1.29, 1.82) is 0 Å². The van der Waals surface area contributed by atoms with Gasteiger partial charge in [0.15, 0.2) is 0 Å². The van der Waals surface area contributed by atoms with E-state index in [2.05, 4.69) is 10.9 Å². The van der Waals surface area contributed by atoms with Crippen LogP contribution in [0.5, 0.6) is 0 Å². The van der Waals surface area contributed by atoms with Crippen molar-refractivity contribution >= 4 is 23.2 Å². The summed E-state index contributed by atoms with van der Waals surface area (Å²) in [5, 5.41) is 0. The maximum atomic E-state index is 11.9. The van der Waals surface area contributed by atoms with Gasteiger partial charge < -0.3 is 4.57 Å². The molecule has 0 bridgehead atoms. The molecule has 0 aliphatic heterocycles. The van der Waals surface area contributed by atoms with Gasteiger partial charge in [0.25, 0.3) is 11.8 Å². The summed E-state index contributed by atoms with van der Waals surface area (Å²) in [6, 6.07) is 5.26. The molecule has 2 N–H and O–H groups in total. The second-order valence-electron chi connectivity index (χ2n) is 4.24. The molecule has 0 radical (unpaired) electrons. The lowest BCUT2D eigenvalue weighted by molar-refractivity contribution is 0.0842. The standard InChI is InChI=1S/C13H15N3O2S/c1-8-7-10(9(2)19-8)12(17)14-15-13(18)11-5-4-6-16(11)3/h4-7H,1-3H3,(H,14,17)(H,15,18). The summed E-state index contributed by atoms with van der Waals surface area (Å²) in [6.45, 7) is 3.82. The molecule has 6 heteroatoms. The van der Waals surface area contributed by atoms with Crippen molar-refractivity contribution < 1.29 is 9.59 Å². The first-order valence-electron chi connectivity index (χ1n) is 5.78. The minimum Gasteiger partial charge on any atom is -0.347 e. The topological polar surface area (TPSA) is 63.1 Å². The highest BCUT2D eigenvalue weighted by Gasteiger charge is 2.14. The molecule has 2 amide bonds. The predicted octanol–water partition coefficient (Wildman–Crippen LogP) is 1.78. The molecule has 0 atom stereocenters. The van der Waals surface area contributed by atoms with Gasteiger partial charge >= 0.3 is 0 Å². The van der Waals surface area contributed by atoms with Crippen molar-refractivity contribution in [2.45, 2.75) is 13.8 Å². The number of aromatic nitrogens is 1. The summed E-state index contributed by atoms with van der Waals surface area (Å²) in [7, 11) is 1.77. The largest absolute Gasteiger partial charge is 0.347 e. The molecule has 0 saturated heterocycles. The highest BCUT2D eigenvalue weighted by atomic mass is 32.1. The number of nitrogens with zero attached hydrogens (tertiary/aromatic N) is 1. The Labute approximate surface area is 115 Å². The number of hydrogen-bond acceptors (Lipinski definition) is 3.